The second-order valence-electron chi connectivity index (χ2n) is 5.72. The maximum Gasteiger partial charge on any atom is 0.240 e. The molecule has 0 saturated heterocycles. The molecule has 3 aromatic rings. The van der Waals surface area contributed by atoms with Gasteiger partial charge < -0.3 is 5.11 Å². The van der Waals surface area contributed by atoms with Crippen molar-refractivity contribution in [2.45, 2.75) is 17.3 Å². The lowest BCUT2D eigenvalue weighted by Crippen LogP contribution is -1.94. The molecule has 0 aliphatic carbocycles. The fourth-order valence-electron chi connectivity index (χ4n) is 2.34. The van der Waals surface area contributed by atoms with Crippen LogP contribution in [-0.4, -0.2) is 26.5 Å². The minimum Gasteiger partial charge on any atom is -0.507 e. The third-order valence-corrected chi connectivity index (χ3v) is 5.36. The van der Waals surface area contributed by atoms with E-state index in [1.54, 1.807) is 18.2 Å². The molecule has 0 aliphatic rings. The molecule has 1 heterocycles. The van der Waals surface area contributed by atoms with E-state index in [4.69, 9.17) is 23.2 Å². The molecular formula is C19H17Cl2N5OS. The number of para-hydroxylation sites is 1. The number of halogens is 2. The van der Waals surface area contributed by atoms with Gasteiger partial charge in [-0.2, -0.15) is 10.1 Å². The quantitative estimate of drug-likeness (QED) is 0.194. The van der Waals surface area contributed by atoms with Gasteiger partial charge in [-0.05, 0) is 35.7 Å². The predicted octanol–water partition coefficient (Wildman–Crippen LogP) is 5.28. The number of aromatic nitrogens is 3. The molecule has 28 heavy (non-hydrogen) atoms. The maximum atomic E-state index is 10.2. The van der Waals surface area contributed by atoms with Gasteiger partial charge in [0.2, 0.25) is 11.1 Å². The Bertz CT molecular complexity index is 1010. The molecule has 0 radical (unpaired) electrons. The summed E-state index contributed by atoms with van der Waals surface area (Å²) in [4.78, 5) is 4.30. The third kappa shape index (κ3) is 5.28. The Hall–Kier alpha value is -2.48. The monoisotopic (exact) mass is 433 g/mol. The highest BCUT2D eigenvalue weighted by Crippen LogP contribution is 2.26. The molecular weight excluding hydrogens is 417 g/mol. The number of hydrazone groups is 1. The number of anilines is 1. The van der Waals surface area contributed by atoms with Crippen molar-refractivity contribution in [3.63, 3.8) is 0 Å². The standard InChI is InChI=1S/C19H17Cl2N5OS/c1-2-4-13-5-3-6-14(17(13)27)10-22-24-18-23-19(26-25-18)28-11-12-7-8-15(20)16(21)9-12/h2-3,5-10,27H,1,4,11H2,(H2,23,24,25,26)/b22-10-. The molecule has 0 bridgehead atoms. The molecule has 0 amide bonds. The average Bonchev–Trinajstić information content (AvgIpc) is 3.13. The first kappa shape index (κ1) is 20.3. The number of nitrogens with zero attached hydrogens (tertiary/aromatic N) is 3. The van der Waals surface area contributed by atoms with E-state index in [1.807, 2.05) is 24.3 Å². The van der Waals surface area contributed by atoms with Crippen LogP contribution in [0.2, 0.25) is 10.0 Å². The summed E-state index contributed by atoms with van der Waals surface area (Å²) < 4.78 is 0. The maximum absolute atomic E-state index is 10.2. The summed E-state index contributed by atoms with van der Waals surface area (Å²) in [5.41, 5.74) is 5.17. The van der Waals surface area contributed by atoms with Crippen molar-refractivity contribution in [2.24, 2.45) is 5.10 Å². The van der Waals surface area contributed by atoms with Crippen LogP contribution in [0.15, 0.2) is 59.3 Å². The smallest absolute Gasteiger partial charge is 0.240 e. The molecule has 6 nitrogen and oxygen atoms in total. The Morgan fingerprint density at radius 3 is 2.89 bits per heavy atom. The van der Waals surface area contributed by atoms with Gasteiger partial charge in [0.1, 0.15) is 5.75 Å². The average molecular weight is 434 g/mol. The van der Waals surface area contributed by atoms with Crippen molar-refractivity contribution in [1.29, 1.82) is 0 Å². The van der Waals surface area contributed by atoms with Gasteiger partial charge >= 0.3 is 0 Å². The molecule has 2 aromatic carbocycles. The zero-order chi connectivity index (χ0) is 19.9. The first-order chi connectivity index (χ1) is 13.6. The van der Waals surface area contributed by atoms with Crippen LogP contribution in [0.5, 0.6) is 5.75 Å². The van der Waals surface area contributed by atoms with Gasteiger partial charge in [0, 0.05) is 11.3 Å². The summed E-state index contributed by atoms with van der Waals surface area (Å²) in [5.74, 6) is 1.24. The second-order valence-corrected chi connectivity index (χ2v) is 7.48. The molecule has 1 aromatic heterocycles. The van der Waals surface area contributed by atoms with Crippen LogP contribution in [0, 0.1) is 0 Å². The summed E-state index contributed by atoms with van der Waals surface area (Å²) >= 11 is 13.4. The number of phenols is 1. The molecule has 0 spiro atoms. The van der Waals surface area contributed by atoms with Gasteiger partial charge in [-0.1, -0.05) is 59.2 Å². The number of rotatable bonds is 8. The fourth-order valence-corrected chi connectivity index (χ4v) is 3.40. The van der Waals surface area contributed by atoms with Crippen molar-refractivity contribution in [3.8, 4) is 5.75 Å². The number of nitrogens with one attached hydrogen (secondary N) is 2. The lowest BCUT2D eigenvalue weighted by atomic mass is 10.1. The summed E-state index contributed by atoms with van der Waals surface area (Å²) in [7, 11) is 0. The van der Waals surface area contributed by atoms with Crippen LogP contribution >= 0.6 is 35.0 Å². The van der Waals surface area contributed by atoms with E-state index in [1.165, 1.54) is 18.0 Å². The van der Waals surface area contributed by atoms with E-state index in [-0.39, 0.29) is 5.75 Å². The molecule has 0 fully saturated rings. The number of aromatic hydroxyl groups is 1. The van der Waals surface area contributed by atoms with Crippen molar-refractivity contribution in [3.05, 3.63) is 75.8 Å². The summed E-state index contributed by atoms with van der Waals surface area (Å²) in [6, 6.07) is 11.0. The molecule has 144 valence electrons. The zero-order valence-corrected chi connectivity index (χ0v) is 17.0. The van der Waals surface area contributed by atoms with E-state index in [0.29, 0.717) is 38.9 Å². The van der Waals surface area contributed by atoms with E-state index >= 15 is 0 Å². The minimum atomic E-state index is 0.184. The van der Waals surface area contributed by atoms with E-state index in [0.717, 1.165) is 11.1 Å². The molecule has 9 heteroatoms. The number of thioether (sulfide) groups is 1. The lowest BCUT2D eigenvalue weighted by molar-refractivity contribution is 0.469. The number of hydrogen-bond acceptors (Lipinski definition) is 6. The zero-order valence-electron chi connectivity index (χ0n) is 14.7. The number of allylic oxidation sites excluding steroid dienone is 1. The first-order valence-electron chi connectivity index (χ1n) is 8.26. The number of hydrogen-bond donors (Lipinski definition) is 3. The van der Waals surface area contributed by atoms with Crippen molar-refractivity contribution >= 4 is 47.1 Å². The van der Waals surface area contributed by atoms with Crippen molar-refractivity contribution in [1.82, 2.24) is 15.2 Å². The highest BCUT2D eigenvalue weighted by Gasteiger charge is 2.06. The molecule has 0 unspecified atom stereocenters. The van der Waals surface area contributed by atoms with Crippen molar-refractivity contribution in [2.75, 3.05) is 5.43 Å². The molecule has 0 aliphatic heterocycles. The fraction of sp³-hybridized carbons (Fsp3) is 0.105. The van der Waals surface area contributed by atoms with E-state index in [9.17, 15) is 5.11 Å². The summed E-state index contributed by atoms with van der Waals surface area (Å²) in [5, 5.41) is 22.8. The van der Waals surface area contributed by atoms with Gasteiger partial charge in [-0.15, -0.1) is 11.7 Å². The molecule has 0 saturated carbocycles. The molecule has 0 atom stereocenters. The predicted molar refractivity (Wildman–Crippen MR) is 116 cm³/mol. The Kier molecular flexibility index (Phi) is 6.97. The Labute approximate surface area is 176 Å². The Balaban J connectivity index is 1.57. The Morgan fingerprint density at radius 2 is 2.11 bits per heavy atom. The number of aromatic amines is 1. The Morgan fingerprint density at radius 1 is 1.25 bits per heavy atom. The third-order valence-electron chi connectivity index (χ3n) is 3.71. The highest BCUT2D eigenvalue weighted by molar-refractivity contribution is 7.98. The van der Waals surface area contributed by atoms with Gasteiger partial charge in [-0.3, -0.25) is 0 Å². The van der Waals surface area contributed by atoms with Crippen LogP contribution in [0.1, 0.15) is 16.7 Å². The normalized spacial score (nSPS) is 11.1. The number of benzene rings is 2. The second kappa shape index (κ2) is 9.64. The number of phenolic OH excluding ortho intramolecular Hbond substituents is 1. The topological polar surface area (TPSA) is 86.2 Å². The number of H-pyrrole nitrogens is 1. The lowest BCUT2D eigenvalue weighted by Gasteiger charge is -2.04. The van der Waals surface area contributed by atoms with Crippen LogP contribution in [-0.2, 0) is 12.2 Å². The summed E-state index contributed by atoms with van der Waals surface area (Å²) in [6.07, 6.45) is 3.84. The molecule has 3 rings (SSSR count). The van der Waals surface area contributed by atoms with Crippen LogP contribution in [0.4, 0.5) is 5.95 Å². The largest absolute Gasteiger partial charge is 0.507 e. The van der Waals surface area contributed by atoms with Gasteiger partial charge in [-0.25, -0.2) is 10.5 Å². The first-order valence-corrected chi connectivity index (χ1v) is 10.0. The summed E-state index contributed by atoms with van der Waals surface area (Å²) in [6.45, 7) is 3.68. The molecule has 3 N–H and O–H groups in total. The van der Waals surface area contributed by atoms with Crippen LogP contribution in [0.3, 0.4) is 0 Å². The SMILES string of the molecule is C=CCc1cccc(/C=N\Nc2nc(SCc3ccc(Cl)c(Cl)c3)n[nH]2)c1O. The van der Waals surface area contributed by atoms with Crippen molar-refractivity contribution < 1.29 is 5.11 Å². The van der Waals surface area contributed by atoms with Gasteiger partial charge in [0.15, 0.2) is 0 Å². The van der Waals surface area contributed by atoms with Crippen LogP contribution in [0.25, 0.3) is 0 Å². The van der Waals surface area contributed by atoms with Gasteiger partial charge in [0.25, 0.3) is 0 Å². The highest BCUT2D eigenvalue weighted by atomic mass is 35.5. The van der Waals surface area contributed by atoms with E-state index < -0.39 is 0 Å². The van der Waals surface area contributed by atoms with Gasteiger partial charge in [0.05, 0.1) is 16.3 Å². The minimum absolute atomic E-state index is 0.184. The van der Waals surface area contributed by atoms with E-state index in [2.05, 4.69) is 32.3 Å². The van der Waals surface area contributed by atoms with Crippen LogP contribution < -0.4 is 5.43 Å².